The summed E-state index contributed by atoms with van der Waals surface area (Å²) in [7, 11) is 0. The Balaban J connectivity index is 1.42. The van der Waals surface area contributed by atoms with Crippen molar-refractivity contribution in [3.63, 3.8) is 0 Å². The van der Waals surface area contributed by atoms with Gasteiger partial charge in [-0.3, -0.25) is 4.79 Å². The van der Waals surface area contributed by atoms with Crippen LogP contribution in [0.5, 0.6) is 0 Å². The van der Waals surface area contributed by atoms with E-state index in [-0.39, 0.29) is 30.2 Å². The second-order valence-corrected chi connectivity index (χ2v) is 7.71. The van der Waals surface area contributed by atoms with Crippen LogP contribution in [0.2, 0.25) is 0 Å². The number of nitrogens with zero attached hydrogens (tertiary/aromatic N) is 1. The number of aliphatic hydroxyl groups is 1. The molecule has 0 aromatic heterocycles. The highest BCUT2D eigenvalue weighted by molar-refractivity contribution is 5.84. The van der Waals surface area contributed by atoms with Crippen LogP contribution in [0.4, 0.5) is 0 Å². The molecule has 5 heteroatoms. The highest BCUT2D eigenvalue weighted by Gasteiger charge is 2.53. The molecule has 7 unspecified atom stereocenters. The number of likely N-dealkylation sites (tertiary alicyclic amines) is 1. The smallest absolute Gasteiger partial charge is 0.242 e. The lowest BCUT2D eigenvalue weighted by atomic mass is 9.69. The molecule has 0 radical (unpaired) electrons. The van der Waals surface area contributed by atoms with Gasteiger partial charge in [-0.1, -0.05) is 25.5 Å². The Kier molecular flexibility index (Phi) is 4.20. The Hall–Kier alpha value is -0.910. The Labute approximate surface area is 138 Å². The number of amides is 1. The van der Waals surface area contributed by atoms with Crippen LogP contribution in [0, 0.1) is 17.8 Å². The maximum absolute atomic E-state index is 13.0. The summed E-state index contributed by atoms with van der Waals surface area (Å²) < 4.78 is 5.92. The van der Waals surface area contributed by atoms with Gasteiger partial charge in [-0.15, -0.1) is 0 Å². The molecule has 0 bridgehead atoms. The number of fused-ring (bicyclic) bond motifs is 2. The minimum absolute atomic E-state index is 0.0272. The van der Waals surface area contributed by atoms with Crippen molar-refractivity contribution in [3.8, 4) is 0 Å². The van der Waals surface area contributed by atoms with Crippen molar-refractivity contribution in [3.05, 3.63) is 12.2 Å². The van der Waals surface area contributed by atoms with Gasteiger partial charge >= 0.3 is 0 Å². The Morgan fingerprint density at radius 2 is 2.22 bits per heavy atom. The zero-order valence-electron chi connectivity index (χ0n) is 13.9. The lowest BCUT2D eigenvalue weighted by molar-refractivity contribution is -0.164. The molecule has 0 aromatic carbocycles. The fourth-order valence-corrected chi connectivity index (χ4v) is 5.06. The quantitative estimate of drug-likeness (QED) is 0.743. The summed E-state index contributed by atoms with van der Waals surface area (Å²) in [5.41, 5.74) is 0. The lowest BCUT2D eigenvalue weighted by Crippen LogP contribution is -2.68. The van der Waals surface area contributed by atoms with Gasteiger partial charge in [-0.25, -0.2) is 0 Å². The molecule has 1 saturated carbocycles. The molecule has 3 aliphatic heterocycles. The van der Waals surface area contributed by atoms with Gasteiger partial charge in [-0.2, -0.15) is 0 Å². The molecule has 7 atom stereocenters. The topological polar surface area (TPSA) is 61.8 Å². The molecule has 0 aromatic rings. The number of aliphatic hydroxyl groups excluding tert-OH is 1. The average Bonchev–Trinajstić information content (AvgIpc) is 2.77. The van der Waals surface area contributed by atoms with E-state index in [1.807, 2.05) is 4.90 Å². The van der Waals surface area contributed by atoms with Crippen molar-refractivity contribution in [2.75, 3.05) is 19.7 Å². The summed E-state index contributed by atoms with van der Waals surface area (Å²) in [5, 5.41) is 13.9. The van der Waals surface area contributed by atoms with Gasteiger partial charge in [0.2, 0.25) is 5.91 Å². The molecular formula is C18H28N2O3. The summed E-state index contributed by atoms with van der Waals surface area (Å²) in [6.07, 6.45) is 7.94. The minimum atomic E-state index is -0.356. The zero-order chi connectivity index (χ0) is 16.0. The SMILES string of the molecule is CCC1CC(O)C2C(C1)CN2C(=O)C1NCC2CC=CCOC21. The van der Waals surface area contributed by atoms with Crippen LogP contribution in [-0.2, 0) is 9.53 Å². The molecule has 1 amide bonds. The summed E-state index contributed by atoms with van der Waals surface area (Å²) >= 11 is 0. The van der Waals surface area contributed by atoms with Gasteiger partial charge in [-0.05, 0) is 31.1 Å². The monoisotopic (exact) mass is 320 g/mol. The first-order valence-corrected chi connectivity index (χ1v) is 9.17. The van der Waals surface area contributed by atoms with Gasteiger partial charge < -0.3 is 20.1 Å². The van der Waals surface area contributed by atoms with E-state index in [0.717, 1.165) is 38.8 Å². The van der Waals surface area contributed by atoms with E-state index in [2.05, 4.69) is 24.4 Å². The standard InChI is InChI=1S/C18H28N2O3/c1-2-11-7-13-10-20(16(13)14(21)8-11)18(22)15-17-12(9-19-15)5-3-4-6-23-17/h3-4,11-17,19,21H,2,5-10H2,1H3. The van der Waals surface area contributed by atoms with E-state index >= 15 is 0 Å². The maximum atomic E-state index is 13.0. The van der Waals surface area contributed by atoms with E-state index in [1.165, 1.54) is 0 Å². The normalized spacial score (nSPS) is 45.8. The van der Waals surface area contributed by atoms with Crippen LogP contribution in [0.15, 0.2) is 12.2 Å². The van der Waals surface area contributed by atoms with E-state index in [1.54, 1.807) is 0 Å². The van der Waals surface area contributed by atoms with Crippen LogP contribution in [0.3, 0.4) is 0 Å². The molecule has 2 saturated heterocycles. The third kappa shape index (κ3) is 2.63. The largest absolute Gasteiger partial charge is 0.391 e. The number of nitrogens with one attached hydrogen (secondary N) is 1. The van der Waals surface area contributed by atoms with Gasteiger partial charge in [0.25, 0.3) is 0 Å². The van der Waals surface area contributed by atoms with Gasteiger partial charge in [0.1, 0.15) is 6.04 Å². The number of carbonyl (C=O) groups is 1. The third-order valence-electron chi connectivity index (χ3n) is 6.39. The lowest BCUT2D eigenvalue weighted by Gasteiger charge is -2.55. The minimum Gasteiger partial charge on any atom is -0.391 e. The second-order valence-electron chi connectivity index (χ2n) is 7.71. The maximum Gasteiger partial charge on any atom is 0.242 e. The second kappa shape index (κ2) is 6.19. The zero-order valence-corrected chi connectivity index (χ0v) is 13.9. The fourth-order valence-electron chi connectivity index (χ4n) is 5.06. The molecule has 4 rings (SSSR count). The predicted molar refractivity (Wildman–Crippen MR) is 86.8 cm³/mol. The number of carbonyl (C=O) groups excluding carboxylic acids is 1. The van der Waals surface area contributed by atoms with E-state index < -0.39 is 0 Å². The van der Waals surface area contributed by atoms with Crippen LogP contribution in [0.1, 0.15) is 32.6 Å². The summed E-state index contributed by atoms with van der Waals surface area (Å²) in [6.45, 7) is 4.44. The van der Waals surface area contributed by atoms with Crippen LogP contribution < -0.4 is 5.32 Å². The first kappa shape index (κ1) is 15.6. The van der Waals surface area contributed by atoms with Crippen molar-refractivity contribution in [2.45, 2.75) is 56.9 Å². The number of ether oxygens (including phenoxy) is 1. The van der Waals surface area contributed by atoms with Crippen LogP contribution in [-0.4, -0.2) is 59.9 Å². The van der Waals surface area contributed by atoms with Gasteiger partial charge in [0, 0.05) is 19.0 Å². The summed E-state index contributed by atoms with van der Waals surface area (Å²) in [6, 6.07) is -0.202. The Bertz CT molecular complexity index is 487. The molecule has 3 heterocycles. The highest BCUT2D eigenvalue weighted by Crippen LogP contribution is 2.42. The third-order valence-corrected chi connectivity index (χ3v) is 6.39. The van der Waals surface area contributed by atoms with E-state index in [9.17, 15) is 9.90 Å². The Morgan fingerprint density at radius 3 is 3.00 bits per heavy atom. The average molecular weight is 320 g/mol. The first-order chi connectivity index (χ1) is 11.2. The molecule has 5 nitrogen and oxygen atoms in total. The summed E-state index contributed by atoms with van der Waals surface area (Å²) in [4.78, 5) is 14.9. The molecule has 4 aliphatic rings. The molecular weight excluding hydrogens is 292 g/mol. The molecule has 0 spiro atoms. The highest BCUT2D eigenvalue weighted by atomic mass is 16.5. The molecule has 23 heavy (non-hydrogen) atoms. The van der Waals surface area contributed by atoms with Crippen molar-refractivity contribution in [1.29, 1.82) is 0 Å². The Morgan fingerprint density at radius 1 is 1.35 bits per heavy atom. The number of hydrogen-bond acceptors (Lipinski definition) is 4. The fraction of sp³-hybridized carbons (Fsp3) is 0.833. The molecule has 128 valence electrons. The molecule has 3 fully saturated rings. The van der Waals surface area contributed by atoms with E-state index in [4.69, 9.17) is 4.74 Å². The van der Waals surface area contributed by atoms with Crippen molar-refractivity contribution < 1.29 is 14.6 Å². The van der Waals surface area contributed by atoms with Crippen LogP contribution >= 0.6 is 0 Å². The molecule has 2 N–H and O–H groups in total. The van der Waals surface area contributed by atoms with E-state index in [0.29, 0.717) is 24.4 Å². The van der Waals surface area contributed by atoms with Crippen molar-refractivity contribution in [1.82, 2.24) is 10.2 Å². The molecule has 1 aliphatic carbocycles. The number of hydrogen-bond donors (Lipinski definition) is 2. The van der Waals surface area contributed by atoms with Gasteiger partial charge in [0.05, 0.1) is 24.9 Å². The van der Waals surface area contributed by atoms with Gasteiger partial charge in [0.15, 0.2) is 0 Å². The van der Waals surface area contributed by atoms with Crippen molar-refractivity contribution in [2.24, 2.45) is 17.8 Å². The summed E-state index contributed by atoms with van der Waals surface area (Å²) in [5.74, 6) is 1.63. The van der Waals surface area contributed by atoms with Crippen molar-refractivity contribution >= 4 is 5.91 Å². The predicted octanol–water partition coefficient (Wildman–Crippen LogP) is 0.927. The first-order valence-electron chi connectivity index (χ1n) is 9.17. The number of rotatable bonds is 2. The number of allylic oxidation sites excluding steroid dienone is 1. The van der Waals surface area contributed by atoms with Crippen LogP contribution in [0.25, 0.3) is 0 Å².